The number of hydrogen-bond donors (Lipinski definition) is 2. The second kappa shape index (κ2) is 5.74. The molecule has 1 rings (SSSR count). The molecule has 0 aromatic carbocycles. The number of aromatic nitrogens is 2. The molecule has 0 unspecified atom stereocenters. The van der Waals surface area contributed by atoms with Crippen LogP contribution in [0.15, 0.2) is 0 Å². The molecule has 108 valence electrons. The third-order valence-electron chi connectivity index (χ3n) is 3.07. The van der Waals surface area contributed by atoms with Crippen LogP contribution in [0.3, 0.4) is 0 Å². The molecule has 0 fully saturated rings. The number of anilines is 1. The first kappa shape index (κ1) is 15.7. The second-order valence-electron chi connectivity index (χ2n) is 6.12. The highest BCUT2D eigenvalue weighted by atomic mass is 16.1. The molecule has 1 aromatic heterocycles. The molecule has 3 N–H and O–H groups in total. The van der Waals surface area contributed by atoms with Crippen LogP contribution >= 0.6 is 0 Å². The van der Waals surface area contributed by atoms with E-state index in [1.807, 2.05) is 32.4 Å². The Balaban J connectivity index is 2.75. The fourth-order valence-corrected chi connectivity index (χ4v) is 1.98. The molecule has 19 heavy (non-hydrogen) atoms. The first-order chi connectivity index (χ1) is 8.61. The Morgan fingerprint density at radius 2 is 2.00 bits per heavy atom. The van der Waals surface area contributed by atoms with Gasteiger partial charge in [0.1, 0.15) is 0 Å². The number of nitrogens with two attached hydrogens (primary N) is 1. The minimum atomic E-state index is -0.316. The Labute approximate surface area is 115 Å². The molecule has 0 aliphatic rings. The van der Waals surface area contributed by atoms with E-state index in [-0.39, 0.29) is 17.5 Å². The quantitative estimate of drug-likeness (QED) is 0.860. The van der Waals surface area contributed by atoms with E-state index in [0.29, 0.717) is 12.8 Å². The molecule has 0 atom stereocenters. The third kappa shape index (κ3) is 4.35. The first-order valence-corrected chi connectivity index (χ1v) is 6.76. The molecule has 0 aliphatic heterocycles. The van der Waals surface area contributed by atoms with Gasteiger partial charge in [-0.2, -0.15) is 5.10 Å². The van der Waals surface area contributed by atoms with Crippen LogP contribution < -0.4 is 11.1 Å². The molecule has 1 amide bonds. The summed E-state index contributed by atoms with van der Waals surface area (Å²) in [5, 5.41) is 7.40. The number of nitrogens with zero attached hydrogens (tertiary/aromatic N) is 2. The Morgan fingerprint density at radius 3 is 2.42 bits per heavy atom. The minimum Gasteiger partial charge on any atom is -0.326 e. The lowest BCUT2D eigenvalue weighted by atomic mass is 10.00. The van der Waals surface area contributed by atoms with Crippen LogP contribution in [-0.2, 0) is 4.79 Å². The van der Waals surface area contributed by atoms with Crippen LogP contribution in [0.5, 0.6) is 0 Å². The fourth-order valence-electron chi connectivity index (χ4n) is 1.98. The number of nitrogens with one attached hydrogen (secondary N) is 1. The summed E-state index contributed by atoms with van der Waals surface area (Å²) in [4.78, 5) is 11.9. The molecule has 0 aliphatic carbocycles. The van der Waals surface area contributed by atoms with Gasteiger partial charge in [-0.15, -0.1) is 0 Å². The van der Waals surface area contributed by atoms with Crippen molar-refractivity contribution < 1.29 is 4.79 Å². The van der Waals surface area contributed by atoms with E-state index < -0.39 is 0 Å². The van der Waals surface area contributed by atoms with Gasteiger partial charge in [0.05, 0.1) is 17.1 Å². The summed E-state index contributed by atoms with van der Waals surface area (Å²) < 4.78 is 1.93. The molecule has 5 heteroatoms. The second-order valence-corrected chi connectivity index (χ2v) is 6.12. The molecule has 5 nitrogen and oxygen atoms in total. The highest BCUT2D eigenvalue weighted by Gasteiger charge is 2.17. The van der Waals surface area contributed by atoms with Gasteiger partial charge in [-0.25, -0.2) is 0 Å². The fraction of sp³-hybridized carbons (Fsp3) is 0.714. The molecular formula is C14H26N4O. The third-order valence-corrected chi connectivity index (χ3v) is 3.07. The predicted molar refractivity (Wildman–Crippen MR) is 78.2 cm³/mol. The lowest BCUT2D eigenvalue weighted by molar-refractivity contribution is -0.116. The van der Waals surface area contributed by atoms with Gasteiger partial charge < -0.3 is 11.1 Å². The van der Waals surface area contributed by atoms with Gasteiger partial charge in [-0.05, 0) is 48.0 Å². The zero-order valence-electron chi connectivity index (χ0n) is 12.9. The molecule has 0 spiro atoms. The number of carbonyl (C=O) groups excluding carboxylic acids is 1. The van der Waals surface area contributed by atoms with Crippen LogP contribution in [0.25, 0.3) is 0 Å². The number of aryl methyl sites for hydroxylation is 1. The SMILES string of the molecule is Cc1nn(C(C)C)c(C)c1NC(=O)CCC(C)(C)N. The maximum Gasteiger partial charge on any atom is 0.224 e. The van der Waals surface area contributed by atoms with E-state index in [1.54, 1.807) is 0 Å². The van der Waals surface area contributed by atoms with Crippen molar-refractivity contribution in [2.45, 2.75) is 66.0 Å². The molecule has 0 saturated heterocycles. The Kier molecular flexibility index (Phi) is 4.74. The number of hydrogen-bond acceptors (Lipinski definition) is 3. The van der Waals surface area contributed by atoms with Gasteiger partial charge in [0.2, 0.25) is 5.91 Å². The molecule has 0 bridgehead atoms. The zero-order valence-corrected chi connectivity index (χ0v) is 12.9. The molecular weight excluding hydrogens is 240 g/mol. The van der Waals surface area contributed by atoms with E-state index in [9.17, 15) is 4.79 Å². The van der Waals surface area contributed by atoms with Crippen LogP contribution in [-0.4, -0.2) is 21.2 Å². The maximum absolute atomic E-state index is 11.9. The van der Waals surface area contributed by atoms with Gasteiger partial charge >= 0.3 is 0 Å². The first-order valence-electron chi connectivity index (χ1n) is 6.76. The molecule has 0 saturated carbocycles. The van der Waals surface area contributed by atoms with E-state index in [4.69, 9.17) is 5.73 Å². The van der Waals surface area contributed by atoms with Crippen molar-refractivity contribution in [3.63, 3.8) is 0 Å². The van der Waals surface area contributed by atoms with Gasteiger partial charge in [-0.1, -0.05) is 0 Å². The Bertz CT molecular complexity index is 455. The summed E-state index contributed by atoms with van der Waals surface area (Å²) in [5.74, 6) is -0.00645. The maximum atomic E-state index is 11.9. The zero-order chi connectivity index (χ0) is 14.8. The average molecular weight is 266 g/mol. The smallest absolute Gasteiger partial charge is 0.224 e. The molecule has 0 radical (unpaired) electrons. The Hall–Kier alpha value is -1.36. The minimum absolute atomic E-state index is 0.00645. The number of amides is 1. The van der Waals surface area contributed by atoms with Crippen molar-refractivity contribution in [3.05, 3.63) is 11.4 Å². The van der Waals surface area contributed by atoms with E-state index in [1.165, 1.54) is 0 Å². The standard InChI is InChI=1S/C14H26N4O/c1-9(2)18-11(4)13(10(3)17-18)16-12(19)7-8-14(5,6)15/h9H,7-8,15H2,1-6H3,(H,16,19). The normalized spacial score (nSPS) is 12.0. The summed E-state index contributed by atoms with van der Waals surface area (Å²) in [5.41, 5.74) is 8.24. The molecule has 1 aromatic rings. The van der Waals surface area contributed by atoms with Crippen molar-refractivity contribution in [1.82, 2.24) is 9.78 Å². The largest absolute Gasteiger partial charge is 0.326 e. The topological polar surface area (TPSA) is 72.9 Å². The summed E-state index contributed by atoms with van der Waals surface area (Å²) in [6.07, 6.45) is 1.09. The van der Waals surface area contributed by atoms with E-state index in [2.05, 4.69) is 24.3 Å². The van der Waals surface area contributed by atoms with Gasteiger partial charge in [0, 0.05) is 18.0 Å². The molecule has 1 heterocycles. The van der Waals surface area contributed by atoms with Crippen LogP contribution in [0.2, 0.25) is 0 Å². The highest BCUT2D eigenvalue weighted by molar-refractivity contribution is 5.91. The van der Waals surface area contributed by atoms with Gasteiger partial charge in [0.15, 0.2) is 0 Å². The van der Waals surface area contributed by atoms with Crippen LogP contribution in [0.1, 0.15) is 58.0 Å². The van der Waals surface area contributed by atoms with Crippen LogP contribution in [0.4, 0.5) is 5.69 Å². The van der Waals surface area contributed by atoms with Crippen molar-refractivity contribution in [2.24, 2.45) is 5.73 Å². The number of carbonyl (C=O) groups is 1. The summed E-state index contributed by atoms with van der Waals surface area (Å²) >= 11 is 0. The summed E-state index contributed by atoms with van der Waals surface area (Å²) in [6, 6.07) is 0.285. The van der Waals surface area contributed by atoms with E-state index >= 15 is 0 Å². The van der Waals surface area contributed by atoms with Crippen molar-refractivity contribution in [1.29, 1.82) is 0 Å². The monoisotopic (exact) mass is 266 g/mol. The number of rotatable bonds is 5. The van der Waals surface area contributed by atoms with Crippen molar-refractivity contribution >= 4 is 11.6 Å². The lowest BCUT2D eigenvalue weighted by Crippen LogP contribution is -2.33. The lowest BCUT2D eigenvalue weighted by Gasteiger charge is -2.17. The van der Waals surface area contributed by atoms with Gasteiger partial charge in [0.25, 0.3) is 0 Å². The van der Waals surface area contributed by atoms with E-state index in [0.717, 1.165) is 17.1 Å². The Morgan fingerprint density at radius 1 is 1.42 bits per heavy atom. The van der Waals surface area contributed by atoms with Crippen molar-refractivity contribution in [2.75, 3.05) is 5.32 Å². The average Bonchev–Trinajstić information content (AvgIpc) is 2.53. The van der Waals surface area contributed by atoms with Gasteiger partial charge in [-0.3, -0.25) is 9.48 Å². The van der Waals surface area contributed by atoms with Crippen molar-refractivity contribution in [3.8, 4) is 0 Å². The van der Waals surface area contributed by atoms with Crippen LogP contribution in [0, 0.1) is 13.8 Å². The highest BCUT2D eigenvalue weighted by Crippen LogP contribution is 2.22. The summed E-state index contributed by atoms with van der Waals surface area (Å²) in [6.45, 7) is 11.9. The summed E-state index contributed by atoms with van der Waals surface area (Å²) in [7, 11) is 0. The predicted octanol–water partition coefficient (Wildman–Crippen LogP) is 2.54.